The minimum Gasteiger partial charge on any atom is -0.497 e. The molecule has 1 saturated carbocycles. The monoisotopic (exact) mass is 247 g/mol. The zero-order valence-electron chi connectivity index (χ0n) is 11.3. The summed E-state index contributed by atoms with van der Waals surface area (Å²) < 4.78 is 5.14. The van der Waals surface area contributed by atoms with Gasteiger partial charge in [-0.2, -0.15) is 0 Å². The Balaban J connectivity index is 1.97. The third kappa shape index (κ3) is 3.10. The molecule has 18 heavy (non-hydrogen) atoms. The van der Waals surface area contributed by atoms with Crippen molar-refractivity contribution in [1.29, 1.82) is 0 Å². The molecule has 0 amide bonds. The van der Waals surface area contributed by atoms with Crippen LogP contribution < -0.4 is 4.74 Å². The summed E-state index contributed by atoms with van der Waals surface area (Å²) in [7, 11) is 3.64. The zero-order valence-corrected chi connectivity index (χ0v) is 11.3. The Hall–Kier alpha value is -1.35. The summed E-state index contributed by atoms with van der Waals surface area (Å²) in [5.41, 5.74) is 0.726. The van der Waals surface area contributed by atoms with Gasteiger partial charge < -0.3 is 4.74 Å². The molecule has 1 aromatic carbocycles. The molecule has 98 valence electrons. The molecule has 0 aromatic heterocycles. The maximum absolute atomic E-state index is 12.2. The van der Waals surface area contributed by atoms with Crippen molar-refractivity contribution in [1.82, 2.24) is 4.90 Å². The maximum atomic E-state index is 12.2. The number of carbonyl (C=O) groups excluding carboxylic acids is 1. The summed E-state index contributed by atoms with van der Waals surface area (Å²) in [5, 5.41) is 0. The highest BCUT2D eigenvalue weighted by atomic mass is 16.5. The lowest BCUT2D eigenvalue weighted by Crippen LogP contribution is -2.35. The van der Waals surface area contributed by atoms with Crippen LogP contribution in [0.4, 0.5) is 0 Å². The van der Waals surface area contributed by atoms with E-state index in [9.17, 15) is 4.79 Å². The van der Waals surface area contributed by atoms with Crippen LogP contribution >= 0.6 is 0 Å². The number of rotatable bonds is 6. The van der Waals surface area contributed by atoms with Crippen LogP contribution in [0.15, 0.2) is 24.3 Å². The molecule has 1 aromatic rings. The van der Waals surface area contributed by atoms with Crippen molar-refractivity contribution in [3.63, 3.8) is 0 Å². The van der Waals surface area contributed by atoms with Gasteiger partial charge in [0, 0.05) is 11.6 Å². The van der Waals surface area contributed by atoms with Crippen molar-refractivity contribution in [2.75, 3.05) is 20.7 Å². The molecule has 0 saturated heterocycles. The van der Waals surface area contributed by atoms with E-state index in [1.165, 1.54) is 12.8 Å². The first-order valence-corrected chi connectivity index (χ1v) is 6.49. The number of ether oxygens (including phenoxy) is 1. The number of carbonyl (C=O) groups is 1. The van der Waals surface area contributed by atoms with E-state index in [2.05, 4.69) is 11.8 Å². The van der Waals surface area contributed by atoms with Gasteiger partial charge in [0.05, 0.1) is 13.7 Å². The van der Waals surface area contributed by atoms with Crippen molar-refractivity contribution < 1.29 is 9.53 Å². The summed E-state index contributed by atoms with van der Waals surface area (Å²) in [6, 6.07) is 7.86. The second-order valence-electron chi connectivity index (χ2n) is 5.15. The van der Waals surface area contributed by atoms with Crippen LogP contribution in [-0.4, -0.2) is 37.4 Å². The van der Waals surface area contributed by atoms with Crippen molar-refractivity contribution in [3.05, 3.63) is 29.8 Å². The number of hydrogen-bond donors (Lipinski definition) is 0. The fraction of sp³-hybridized carbons (Fsp3) is 0.533. The molecule has 3 nitrogen and oxygen atoms in total. The summed E-state index contributed by atoms with van der Waals surface area (Å²) in [6.07, 6.45) is 2.61. The molecule has 0 N–H and O–H groups in total. The van der Waals surface area contributed by atoms with Crippen LogP contribution in [0.2, 0.25) is 0 Å². The first-order valence-electron chi connectivity index (χ1n) is 6.49. The quantitative estimate of drug-likeness (QED) is 0.724. The van der Waals surface area contributed by atoms with Gasteiger partial charge in [-0.25, -0.2) is 0 Å². The highest BCUT2D eigenvalue weighted by Crippen LogP contribution is 2.34. The van der Waals surface area contributed by atoms with Crippen molar-refractivity contribution in [2.45, 2.75) is 25.8 Å². The lowest BCUT2D eigenvalue weighted by Gasteiger charge is -2.23. The van der Waals surface area contributed by atoms with Crippen LogP contribution in [0.1, 0.15) is 30.1 Å². The predicted octanol–water partition coefficient (Wildman–Crippen LogP) is 2.61. The van der Waals surface area contributed by atoms with Crippen LogP contribution in [0, 0.1) is 5.92 Å². The SMILES string of the molecule is COc1cccc(C(=O)CN(C)C(C)C2CC2)c1. The van der Waals surface area contributed by atoms with Crippen LogP contribution in [-0.2, 0) is 0 Å². The fourth-order valence-corrected chi connectivity index (χ4v) is 2.20. The maximum Gasteiger partial charge on any atom is 0.176 e. The summed E-state index contributed by atoms with van der Waals surface area (Å²) in [6.45, 7) is 2.68. The van der Waals surface area contributed by atoms with Gasteiger partial charge in [0.15, 0.2) is 5.78 Å². The molecular formula is C15H21NO2. The summed E-state index contributed by atoms with van der Waals surface area (Å²) in [4.78, 5) is 14.3. The van der Waals surface area contributed by atoms with Gasteiger partial charge >= 0.3 is 0 Å². The average Bonchev–Trinajstić information content (AvgIpc) is 3.22. The predicted molar refractivity (Wildman–Crippen MR) is 72.1 cm³/mol. The number of nitrogens with zero attached hydrogens (tertiary/aromatic N) is 1. The smallest absolute Gasteiger partial charge is 0.176 e. The third-order valence-corrected chi connectivity index (χ3v) is 3.78. The molecule has 1 atom stereocenters. The highest BCUT2D eigenvalue weighted by Gasteiger charge is 2.31. The number of likely N-dealkylation sites (N-methyl/N-ethyl adjacent to an activating group) is 1. The summed E-state index contributed by atoms with van der Waals surface area (Å²) >= 11 is 0. The Morgan fingerprint density at radius 1 is 1.50 bits per heavy atom. The van der Waals surface area contributed by atoms with E-state index in [0.29, 0.717) is 12.6 Å². The molecule has 0 spiro atoms. The van der Waals surface area contributed by atoms with Gasteiger partial charge in [0.2, 0.25) is 0 Å². The van der Waals surface area contributed by atoms with Crippen LogP contribution in [0.25, 0.3) is 0 Å². The Bertz CT molecular complexity index is 426. The Labute approximate surface area is 109 Å². The van der Waals surface area contributed by atoms with Crippen molar-refractivity contribution in [2.24, 2.45) is 5.92 Å². The fourth-order valence-electron chi connectivity index (χ4n) is 2.20. The second-order valence-corrected chi connectivity index (χ2v) is 5.15. The molecule has 1 fully saturated rings. The van der Waals surface area contributed by atoms with E-state index >= 15 is 0 Å². The number of ketones is 1. The summed E-state index contributed by atoms with van der Waals surface area (Å²) in [5.74, 6) is 1.68. The average molecular weight is 247 g/mol. The van der Waals surface area contributed by atoms with Gasteiger partial charge in [-0.3, -0.25) is 9.69 Å². The highest BCUT2D eigenvalue weighted by molar-refractivity contribution is 5.97. The largest absolute Gasteiger partial charge is 0.497 e. The molecule has 0 bridgehead atoms. The van der Waals surface area contributed by atoms with E-state index in [0.717, 1.165) is 17.2 Å². The Kier molecular flexibility index (Phi) is 4.02. The van der Waals surface area contributed by atoms with Gasteiger partial charge in [-0.05, 0) is 44.9 Å². The van der Waals surface area contributed by atoms with E-state index in [1.54, 1.807) is 13.2 Å². The molecule has 0 aliphatic heterocycles. The van der Waals surface area contributed by atoms with Crippen molar-refractivity contribution in [3.8, 4) is 5.75 Å². The van der Waals surface area contributed by atoms with Gasteiger partial charge in [0.25, 0.3) is 0 Å². The van der Waals surface area contributed by atoms with Crippen LogP contribution in [0.3, 0.4) is 0 Å². The Morgan fingerprint density at radius 3 is 2.83 bits per heavy atom. The lowest BCUT2D eigenvalue weighted by molar-refractivity contribution is 0.0917. The van der Waals surface area contributed by atoms with Crippen molar-refractivity contribution >= 4 is 5.78 Å². The van der Waals surface area contributed by atoms with E-state index in [4.69, 9.17) is 4.74 Å². The topological polar surface area (TPSA) is 29.5 Å². The van der Waals surface area contributed by atoms with Gasteiger partial charge in [-0.15, -0.1) is 0 Å². The number of Topliss-reactive ketones (excluding diaryl/α,β-unsaturated/α-hetero) is 1. The molecule has 2 rings (SSSR count). The normalized spacial score (nSPS) is 16.7. The van der Waals surface area contributed by atoms with E-state index in [-0.39, 0.29) is 5.78 Å². The van der Waals surface area contributed by atoms with E-state index in [1.807, 2.05) is 25.2 Å². The molecular weight excluding hydrogens is 226 g/mol. The number of methoxy groups -OCH3 is 1. The molecule has 0 radical (unpaired) electrons. The standard InChI is InChI=1S/C15H21NO2/c1-11(12-7-8-12)16(2)10-15(17)13-5-4-6-14(9-13)18-3/h4-6,9,11-12H,7-8,10H2,1-3H3. The van der Waals surface area contributed by atoms with Crippen LogP contribution in [0.5, 0.6) is 5.75 Å². The number of hydrogen-bond acceptors (Lipinski definition) is 3. The van der Waals surface area contributed by atoms with E-state index < -0.39 is 0 Å². The zero-order chi connectivity index (χ0) is 13.1. The molecule has 1 unspecified atom stereocenters. The second kappa shape index (κ2) is 5.53. The minimum atomic E-state index is 0.156. The first-order chi connectivity index (χ1) is 8.61. The molecule has 0 heterocycles. The molecule has 1 aliphatic rings. The molecule has 1 aliphatic carbocycles. The molecule has 3 heteroatoms. The number of benzene rings is 1. The Morgan fingerprint density at radius 2 is 2.22 bits per heavy atom. The van der Waals surface area contributed by atoms with Gasteiger partial charge in [-0.1, -0.05) is 12.1 Å². The minimum absolute atomic E-state index is 0.156. The lowest BCUT2D eigenvalue weighted by atomic mass is 10.1. The van der Waals surface area contributed by atoms with Gasteiger partial charge in [0.1, 0.15) is 5.75 Å². The third-order valence-electron chi connectivity index (χ3n) is 3.78. The first kappa shape index (κ1) is 13.1.